The molecule has 0 atom stereocenters. The number of nitrogens with zero attached hydrogens (tertiary/aromatic N) is 2. The van der Waals surface area contributed by atoms with Gasteiger partial charge in [-0.25, -0.2) is 9.38 Å². The highest BCUT2D eigenvalue weighted by atomic mass is 32.2. The number of amides is 1. The molecular formula is C18H17FN2OS. The minimum absolute atomic E-state index is 0.0556. The summed E-state index contributed by atoms with van der Waals surface area (Å²) in [6.45, 7) is 2.60. The molecule has 0 saturated carbocycles. The molecule has 1 amide bonds. The van der Waals surface area contributed by atoms with Crippen LogP contribution >= 0.6 is 11.8 Å². The number of carbonyl (C=O) groups excluding carboxylic acids is 1. The Morgan fingerprint density at radius 3 is 2.74 bits per heavy atom. The number of hydrogen-bond donors (Lipinski definition) is 0. The minimum Gasteiger partial charge on any atom is -0.290 e. The molecule has 1 aliphatic rings. The lowest BCUT2D eigenvalue weighted by atomic mass is 10.1. The number of aliphatic imine (C=N–C) groups is 1. The van der Waals surface area contributed by atoms with Crippen LogP contribution in [0, 0.1) is 12.7 Å². The first-order chi connectivity index (χ1) is 11.1. The minimum atomic E-state index is -0.343. The fourth-order valence-corrected chi connectivity index (χ4v) is 3.39. The van der Waals surface area contributed by atoms with E-state index in [1.165, 1.54) is 6.07 Å². The predicted octanol–water partition coefficient (Wildman–Crippen LogP) is 3.94. The molecule has 2 aromatic rings. The molecule has 0 bridgehead atoms. The highest BCUT2D eigenvalue weighted by Gasteiger charge is 2.26. The van der Waals surface area contributed by atoms with Gasteiger partial charge in [0.25, 0.3) is 0 Å². The first kappa shape index (κ1) is 15.7. The van der Waals surface area contributed by atoms with Crippen molar-refractivity contribution in [3.05, 3.63) is 65.5 Å². The van der Waals surface area contributed by atoms with Crippen LogP contribution < -0.4 is 0 Å². The zero-order valence-corrected chi connectivity index (χ0v) is 13.6. The van der Waals surface area contributed by atoms with E-state index in [2.05, 4.69) is 4.99 Å². The van der Waals surface area contributed by atoms with E-state index in [9.17, 15) is 9.18 Å². The van der Waals surface area contributed by atoms with Crippen LogP contribution in [0.4, 0.5) is 10.1 Å². The van der Waals surface area contributed by atoms with E-state index in [1.807, 2.05) is 31.2 Å². The second kappa shape index (κ2) is 6.96. The second-order valence-electron chi connectivity index (χ2n) is 5.34. The van der Waals surface area contributed by atoms with Crippen molar-refractivity contribution in [3.8, 4) is 0 Å². The smallest absolute Gasteiger partial charge is 0.233 e. The number of halogens is 1. The van der Waals surface area contributed by atoms with Gasteiger partial charge in [0.1, 0.15) is 5.82 Å². The molecule has 0 radical (unpaired) electrons. The Hall–Kier alpha value is -2.14. The monoisotopic (exact) mass is 328 g/mol. The van der Waals surface area contributed by atoms with Crippen molar-refractivity contribution < 1.29 is 9.18 Å². The Morgan fingerprint density at radius 1 is 1.22 bits per heavy atom. The SMILES string of the molecule is Cc1ccccc1N=C1SCCN1C(=O)Cc1ccccc1F. The molecule has 5 heteroatoms. The number of aryl methyl sites for hydroxylation is 1. The highest BCUT2D eigenvalue weighted by Crippen LogP contribution is 2.25. The lowest BCUT2D eigenvalue weighted by Gasteiger charge is -2.16. The Labute approximate surface area is 139 Å². The third-order valence-corrected chi connectivity index (χ3v) is 4.67. The Balaban J connectivity index is 1.80. The molecule has 0 spiro atoms. The van der Waals surface area contributed by atoms with Crippen molar-refractivity contribution in [2.75, 3.05) is 12.3 Å². The van der Waals surface area contributed by atoms with Crippen molar-refractivity contribution in [2.24, 2.45) is 4.99 Å². The first-order valence-corrected chi connectivity index (χ1v) is 8.44. The first-order valence-electron chi connectivity index (χ1n) is 7.46. The molecule has 1 heterocycles. The highest BCUT2D eigenvalue weighted by molar-refractivity contribution is 8.14. The molecule has 1 saturated heterocycles. The van der Waals surface area contributed by atoms with E-state index < -0.39 is 0 Å². The Morgan fingerprint density at radius 2 is 1.96 bits per heavy atom. The predicted molar refractivity (Wildman–Crippen MR) is 92.5 cm³/mol. The topological polar surface area (TPSA) is 32.7 Å². The zero-order chi connectivity index (χ0) is 16.2. The standard InChI is InChI=1S/C18H17FN2OS/c1-13-6-2-5-9-16(13)20-18-21(10-11-23-18)17(22)12-14-7-3-4-8-15(14)19/h2-9H,10-12H2,1H3. The molecule has 0 aromatic heterocycles. The summed E-state index contributed by atoms with van der Waals surface area (Å²) < 4.78 is 13.7. The molecule has 1 aliphatic heterocycles. The van der Waals surface area contributed by atoms with Gasteiger partial charge in [-0.2, -0.15) is 0 Å². The van der Waals surface area contributed by atoms with Gasteiger partial charge in [-0.05, 0) is 30.2 Å². The molecule has 3 rings (SSSR count). The second-order valence-corrected chi connectivity index (χ2v) is 6.40. The third-order valence-electron chi connectivity index (χ3n) is 3.71. The average molecular weight is 328 g/mol. The van der Waals surface area contributed by atoms with Crippen molar-refractivity contribution in [1.29, 1.82) is 0 Å². The van der Waals surface area contributed by atoms with Crippen LogP contribution in [0.25, 0.3) is 0 Å². The van der Waals surface area contributed by atoms with Crippen LogP contribution in [0.1, 0.15) is 11.1 Å². The summed E-state index contributed by atoms with van der Waals surface area (Å²) in [5, 5.41) is 0.695. The maximum Gasteiger partial charge on any atom is 0.233 e. The summed E-state index contributed by atoms with van der Waals surface area (Å²) in [7, 11) is 0. The molecule has 1 fully saturated rings. The molecule has 118 valence electrons. The summed E-state index contributed by atoms with van der Waals surface area (Å²) in [5.41, 5.74) is 2.35. The molecule has 0 unspecified atom stereocenters. The van der Waals surface area contributed by atoms with Crippen molar-refractivity contribution in [1.82, 2.24) is 4.90 Å². The Kier molecular flexibility index (Phi) is 4.76. The summed E-state index contributed by atoms with van der Waals surface area (Å²) in [6, 6.07) is 14.2. The fraction of sp³-hybridized carbons (Fsp3) is 0.222. The number of carbonyl (C=O) groups is 1. The Bertz CT molecular complexity index is 760. The van der Waals surface area contributed by atoms with Crippen molar-refractivity contribution >= 4 is 28.5 Å². The van der Waals surface area contributed by atoms with E-state index in [0.717, 1.165) is 17.0 Å². The molecule has 2 aromatic carbocycles. The van der Waals surface area contributed by atoms with Crippen LogP contribution in [-0.4, -0.2) is 28.3 Å². The maximum atomic E-state index is 13.7. The molecule has 23 heavy (non-hydrogen) atoms. The summed E-state index contributed by atoms with van der Waals surface area (Å²) in [5.74, 6) is 0.353. The number of amidine groups is 1. The summed E-state index contributed by atoms with van der Waals surface area (Å²) in [4.78, 5) is 18.8. The number of para-hydroxylation sites is 1. The number of rotatable bonds is 3. The van der Waals surface area contributed by atoms with Crippen LogP contribution in [-0.2, 0) is 11.2 Å². The normalized spacial score (nSPS) is 16.1. The molecule has 0 N–H and O–H groups in total. The van der Waals surface area contributed by atoms with Crippen molar-refractivity contribution in [3.63, 3.8) is 0 Å². The lowest BCUT2D eigenvalue weighted by Crippen LogP contribution is -2.33. The van der Waals surface area contributed by atoms with E-state index >= 15 is 0 Å². The van der Waals surface area contributed by atoms with Gasteiger partial charge in [0.2, 0.25) is 5.91 Å². The molecular weight excluding hydrogens is 311 g/mol. The van der Waals surface area contributed by atoms with E-state index in [0.29, 0.717) is 17.3 Å². The van der Waals surface area contributed by atoms with E-state index in [4.69, 9.17) is 0 Å². The van der Waals surface area contributed by atoms with Gasteiger partial charge in [0, 0.05) is 12.3 Å². The van der Waals surface area contributed by atoms with Crippen molar-refractivity contribution in [2.45, 2.75) is 13.3 Å². The summed E-state index contributed by atoms with van der Waals surface area (Å²) in [6.07, 6.45) is 0.0556. The van der Waals surface area contributed by atoms with Gasteiger partial charge in [-0.15, -0.1) is 0 Å². The molecule has 0 aliphatic carbocycles. The van der Waals surface area contributed by atoms with Crippen LogP contribution in [0.15, 0.2) is 53.5 Å². The summed E-state index contributed by atoms with van der Waals surface area (Å²) >= 11 is 1.56. The van der Waals surface area contributed by atoms with Gasteiger partial charge in [-0.3, -0.25) is 9.69 Å². The number of thioether (sulfide) groups is 1. The zero-order valence-electron chi connectivity index (χ0n) is 12.8. The maximum absolute atomic E-state index is 13.7. The lowest BCUT2D eigenvalue weighted by molar-refractivity contribution is -0.126. The van der Waals surface area contributed by atoms with E-state index in [1.54, 1.807) is 34.9 Å². The quantitative estimate of drug-likeness (QED) is 0.855. The van der Waals surface area contributed by atoms with Gasteiger partial charge in [0.15, 0.2) is 5.17 Å². The van der Waals surface area contributed by atoms with E-state index in [-0.39, 0.29) is 18.1 Å². The van der Waals surface area contributed by atoms with Crippen LogP contribution in [0.5, 0.6) is 0 Å². The van der Waals surface area contributed by atoms with Crippen LogP contribution in [0.3, 0.4) is 0 Å². The van der Waals surface area contributed by atoms with Gasteiger partial charge >= 0.3 is 0 Å². The fourth-order valence-electron chi connectivity index (χ4n) is 2.42. The van der Waals surface area contributed by atoms with Crippen LogP contribution in [0.2, 0.25) is 0 Å². The number of benzene rings is 2. The van der Waals surface area contributed by atoms with Gasteiger partial charge in [-0.1, -0.05) is 48.2 Å². The average Bonchev–Trinajstić information content (AvgIpc) is 3.00. The largest absolute Gasteiger partial charge is 0.290 e. The van der Waals surface area contributed by atoms with Gasteiger partial charge in [0.05, 0.1) is 12.1 Å². The van der Waals surface area contributed by atoms with Gasteiger partial charge < -0.3 is 0 Å². The third kappa shape index (κ3) is 3.62. The molecule has 3 nitrogen and oxygen atoms in total. The number of hydrogen-bond acceptors (Lipinski definition) is 3.